The van der Waals surface area contributed by atoms with Crippen LogP contribution in [-0.4, -0.2) is 4.57 Å². The Kier molecular flexibility index (Phi) is 9.17. The lowest BCUT2D eigenvalue weighted by Gasteiger charge is -2.29. The Morgan fingerprint density at radius 3 is 1.52 bits per heavy atom. The van der Waals surface area contributed by atoms with Gasteiger partial charge in [-0.3, -0.25) is 0 Å². The predicted molar refractivity (Wildman–Crippen MR) is 282 cm³/mol. The number of hydrogen-bond donors (Lipinski definition) is 0. The van der Waals surface area contributed by atoms with Crippen LogP contribution in [0.4, 0.5) is 17.1 Å². The molecular formula is C64H42N2O. The molecule has 0 saturated heterocycles. The van der Waals surface area contributed by atoms with Crippen LogP contribution in [0, 0.1) is 0 Å². The van der Waals surface area contributed by atoms with Gasteiger partial charge in [0, 0.05) is 49.6 Å². The van der Waals surface area contributed by atoms with E-state index in [4.69, 9.17) is 4.42 Å². The molecule has 0 atom stereocenters. The first kappa shape index (κ1) is 38.5. The number of nitrogens with zero attached hydrogens (tertiary/aromatic N) is 2. The number of anilines is 3. The number of para-hydroxylation sites is 2. The molecule has 0 aliphatic carbocycles. The molecular weight excluding hydrogens is 813 g/mol. The highest BCUT2D eigenvalue weighted by molar-refractivity contribution is 6.15. The molecule has 3 heteroatoms. The Balaban J connectivity index is 0.921. The van der Waals surface area contributed by atoms with Gasteiger partial charge in [0.1, 0.15) is 11.2 Å². The maximum Gasteiger partial charge on any atom is 0.143 e. The van der Waals surface area contributed by atoms with Crippen LogP contribution in [0.5, 0.6) is 0 Å². The minimum Gasteiger partial charge on any atom is -0.455 e. The van der Waals surface area contributed by atoms with Crippen LogP contribution < -0.4 is 4.90 Å². The lowest BCUT2D eigenvalue weighted by Crippen LogP contribution is -2.11. The van der Waals surface area contributed by atoms with Crippen LogP contribution in [0.2, 0.25) is 0 Å². The molecule has 0 bridgehead atoms. The van der Waals surface area contributed by atoms with Crippen LogP contribution in [0.1, 0.15) is 0 Å². The van der Waals surface area contributed by atoms with Crippen LogP contribution >= 0.6 is 0 Å². The second-order valence-electron chi connectivity index (χ2n) is 17.3. The Morgan fingerprint density at radius 1 is 0.313 bits per heavy atom. The molecule has 2 aromatic heterocycles. The third kappa shape index (κ3) is 6.67. The number of hydrogen-bond acceptors (Lipinski definition) is 2. The molecule has 0 aliphatic rings. The number of benzene rings is 11. The first-order chi connectivity index (χ1) is 33.2. The molecule has 0 unspecified atom stereocenters. The summed E-state index contributed by atoms with van der Waals surface area (Å²) in [5.74, 6) is 0. The first-order valence-electron chi connectivity index (χ1n) is 22.9. The van der Waals surface area contributed by atoms with E-state index in [1.54, 1.807) is 0 Å². The van der Waals surface area contributed by atoms with E-state index < -0.39 is 0 Å². The molecule has 0 spiro atoms. The second kappa shape index (κ2) is 16.0. The molecule has 13 aromatic rings. The molecule has 314 valence electrons. The van der Waals surface area contributed by atoms with E-state index >= 15 is 0 Å². The molecule has 0 fully saturated rings. The fourth-order valence-corrected chi connectivity index (χ4v) is 10.1. The summed E-state index contributed by atoms with van der Waals surface area (Å²) in [7, 11) is 0. The predicted octanol–water partition coefficient (Wildman–Crippen LogP) is 18.0. The minimum atomic E-state index is 0.896. The van der Waals surface area contributed by atoms with E-state index in [2.05, 4.69) is 264 Å². The van der Waals surface area contributed by atoms with Crippen molar-refractivity contribution >= 4 is 71.6 Å². The van der Waals surface area contributed by atoms with Gasteiger partial charge in [-0.15, -0.1) is 0 Å². The summed E-state index contributed by atoms with van der Waals surface area (Å²) in [6.45, 7) is 0. The zero-order valence-electron chi connectivity index (χ0n) is 36.6. The molecule has 0 radical (unpaired) electrons. The summed E-state index contributed by atoms with van der Waals surface area (Å²) in [5, 5.41) is 7.08. The average Bonchev–Trinajstić information content (AvgIpc) is 3.96. The van der Waals surface area contributed by atoms with E-state index in [-0.39, 0.29) is 0 Å². The highest BCUT2D eigenvalue weighted by atomic mass is 16.3. The van der Waals surface area contributed by atoms with Gasteiger partial charge in [0.05, 0.1) is 16.7 Å². The third-order valence-electron chi connectivity index (χ3n) is 13.4. The zero-order chi connectivity index (χ0) is 44.3. The van der Waals surface area contributed by atoms with Gasteiger partial charge in [-0.2, -0.15) is 0 Å². The number of aromatic nitrogens is 1. The molecule has 3 nitrogen and oxygen atoms in total. The summed E-state index contributed by atoms with van der Waals surface area (Å²) in [4.78, 5) is 2.40. The fraction of sp³-hybridized carbons (Fsp3) is 0. The van der Waals surface area contributed by atoms with Crippen LogP contribution in [0.15, 0.2) is 259 Å². The molecule has 11 aromatic carbocycles. The highest BCUT2D eigenvalue weighted by Crippen LogP contribution is 2.44. The Bertz CT molecular complexity index is 3900. The first-order valence-corrected chi connectivity index (χ1v) is 22.9. The maximum absolute atomic E-state index is 6.47. The van der Waals surface area contributed by atoms with Crippen LogP contribution in [-0.2, 0) is 0 Å². The van der Waals surface area contributed by atoms with Gasteiger partial charge in [-0.1, -0.05) is 176 Å². The van der Waals surface area contributed by atoms with E-state index in [0.29, 0.717) is 0 Å². The van der Waals surface area contributed by atoms with E-state index in [1.807, 2.05) is 0 Å². The van der Waals surface area contributed by atoms with Crippen LogP contribution in [0.3, 0.4) is 0 Å². The van der Waals surface area contributed by atoms with Crippen molar-refractivity contribution in [3.8, 4) is 50.2 Å². The number of furan rings is 1. The SMILES string of the molecule is c1ccc(-c2ccc(N(c3ccc(-c4cccc(-n5c6ccccc6c6ccccc65)c4)cc3)c3ccc(-c4ccc5oc6c7ccccc7ccc6c5c4)cc3)c(-c3ccccc3)c2)cc1. The second-order valence-corrected chi connectivity index (χ2v) is 17.3. The van der Waals surface area contributed by atoms with Crippen molar-refractivity contribution in [3.63, 3.8) is 0 Å². The van der Waals surface area contributed by atoms with Crippen molar-refractivity contribution in [2.75, 3.05) is 4.90 Å². The minimum absolute atomic E-state index is 0.896. The fourth-order valence-electron chi connectivity index (χ4n) is 10.1. The third-order valence-corrected chi connectivity index (χ3v) is 13.4. The topological polar surface area (TPSA) is 21.3 Å². The van der Waals surface area contributed by atoms with Gasteiger partial charge in [-0.25, -0.2) is 0 Å². The number of rotatable bonds is 8. The van der Waals surface area contributed by atoms with Crippen molar-refractivity contribution in [3.05, 3.63) is 255 Å². The summed E-state index contributed by atoms with van der Waals surface area (Å²) in [6.07, 6.45) is 0. The van der Waals surface area contributed by atoms with Crippen LogP contribution in [0.25, 0.3) is 105 Å². The Labute approximate surface area is 388 Å². The van der Waals surface area contributed by atoms with Gasteiger partial charge < -0.3 is 13.9 Å². The normalized spacial score (nSPS) is 11.6. The summed E-state index contributed by atoms with van der Waals surface area (Å²) in [5.41, 5.74) is 17.9. The van der Waals surface area contributed by atoms with E-state index in [1.165, 1.54) is 38.3 Å². The smallest absolute Gasteiger partial charge is 0.143 e. The van der Waals surface area contributed by atoms with E-state index in [9.17, 15) is 0 Å². The van der Waals surface area contributed by atoms with Gasteiger partial charge >= 0.3 is 0 Å². The molecule has 0 N–H and O–H groups in total. The largest absolute Gasteiger partial charge is 0.455 e. The molecule has 0 aliphatic heterocycles. The number of fused-ring (bicyclic) bond motifs is 8. The van der Waals surface area contributed by atoms with Crippen molar-refractivity contribution in [1.82, 2.24) is 4.57 Å². The highest BCUT2D eigenvalue weighted by Gasteiger charge is 2.20. The van der Waals surface area contributed by atoms with Gasteiger partial charge in [0.2, 0.25) is 0 Å². The molecule has 0 saturated carbocycles. The lowest BCUT2D eigenvalue weighted by atomic mass is 9.96. The summed E-state index contributed by atoms with van der Waals surface area (Å²) < 4.78 is 8.86. The molecule has 67 heavy (non-hydrogen) atoms. The summed E-state index contributed by atoms with van der Waals surface area (Å²) in [6, 6.07) is 92.0. The van der Waals surface area contributed by atoms with Gasteiger partial charge in [0.25, 0.3) is 0 Å². The summed E-state index contributed by atoms with van der Waals surface area (Å²) >= 11 is 0. The van der Waals surface area contributed by atoms with E-state index in [0.717, 1.165) is 83.5 Å². The molecule has 13 rings (SSSR count). The van der Waals surface area contributed by atoms with Crippen molar-refractivity contribution in [2.45, 2.75) is 0 Å². The Morgan fingerprint density at radius 2 is 0.836 bits per heavy atom. The van der Waals surface area contributed by atoms with Crippen molar-refractivity contribution in [1.29, 1.82) is 0 Å². The van der Waals surface area contributed by atoms with Gasteiger partial charge in [-0.05, 0) is 123 Å². The Hall–Kier alpha value is -8.92. The molecule has 2 heterocycles. The quantitative estimate of drug-likeness (QED) is 0.152. The van der Waals surface area contributed by atoms with Gasteiger partial charge in [0.15, 0.2) is 0 Å². The van der Waals surface area contributed by atoms with Crippen molar-refractivity contribution in [2.24, 2.45) is 0 Å². The standard InChI is InChI=1S/C64H42N2O/c1-3-14-43(15-4-1)49-31-38-62(58(41-49)46-16-5-2-6-17-46)65(52-35-28-45(29-36-52)50-32-39-63-59(42-50)57-37-30-47-18-7-8-21-54(47)64(57)67-63)51-33-26-44(27-34-51)48-19-13-20-53(40-48)66-60-24-11-9-22-55(60)56-23-10-12-25-61(56)66/h1-42H. The maximum atomic E-state index is 6.47. The zero-order valence-corrected chi connectivity index (χ0v) is 36.6. The monoisotopic (exact) mass is 854 g/mol. The lowest BCUT2D eigenvalue weighted by molar-refractivity contribution is 0.672. The average molecular weight is 855 g/mol. The molecule has 0 amide bonds. The van der Waals surface area contributed by atoms with Crippen molar-refractivity contribution < 1.29 is 4.42 Å².